The Morgan fingerprint density at radius 2 is 2.53 bits per heavy atom. The second kappa shape index (κ2) is 5.33. The van der Waals surface area contributed by atoms with Crippen molar-refractivity contribution >= 4 is 0 Å². The summed E-state index contributed by atoms with van der Waals surface area (Å²) in [7, 11) is 2.22. The number of likely N-dealkylation sites (tertiary alicyclic amines) is 1. The summed E-state index contributed by atoms with van der Waals surface area (Å²) >= 11 is 0. The molecule has 15 heavy (non-hydrogen) atoms. The lowest BCUT2D eigenvalue weighted by atomic mass is 9.98. The van der Waals surface area contributed by atoms with Crippen molar-refractivity contribution in [3.63, 3.8) is 0 Å². The summed E-state index contributed by atoms with van der Waals surface area (Å²) in [4.78, 5) is 5.65. The van der Waals surface area contributed by atoms with Crippen LogP contribution in [0, 0.1) is 5.92 Å². The zero-order valence-electron chi connectivity index (χ0n) is 9.50. The molecule has 0 spiro atoms. The van der Waals surface area contributed by atoms with Crippen molar-refractivity contribution in [1.29, 1.82) is 0 Å². The number of hydrogen-bond acceptors (Lipinski definition) is 2. The molecule has 2 N–H and O–H groups in total. The van der Waals surface area contributed by atoms with Crippen molar-refractivity contribution in [2.45, 2.75) is 19.4 Å². The third-order valence-electron chi connectivity index (χ3n) is 3.13. The SMILES string of the molecule is CN1CCCC(CNCc2ccc[nH]2)C1. The van der Waals surface area contributed by atoms with Crippen molar-refractivity contribution in [1.82, 2.24) is 15.2 Å². The van der Waals surface area contributed by atoms with Gasteiger partial charge in [0.05, 0.1) is 0 Å². The van der Waals surface area contributed by atoms with Gasteiger partial charge in [-0.2, -0.15) is 0 Å². The quantitative estimate of drug-likeness (QED) is 0.783. The van der Waals surface area contributed by atoms with Gasteiger partial charge in [0.25, 0.3) is 0 Å². The third kappa shape index (κ3) is 3.36. The van der Waals surface area contributed by atoms with Gasteiger partial charge >= 0.3 is 0 Å². The van der Waals surface area contributed by atoms with E-state index >= 15 is 0 Å². The number of H-pyrrole nitrogens is 1. The second-order valence-corrected chi connectivity index (χ2v) is 4.60. The third-order valence-corrected chi connectivity index (χ3v) is 3.13. The van der Waals surface area contributed by atoms with Crippen molar-refractivity contribution in [3.05, 3.63) is 24.0 Å². The molecule has 1 saturated heterocycles. The standard InChI is InChI=1S/C12H21N3/c1-15-7-3-4-11(10-15)8-13-9-12-5-2-6-14-12/h2,5-6,11,13-14H,3-4,7-10H2,1H3. The topological polar surface area (TPSA) is 31.1 Å². The van der Waals surface area contributed by atoms with Crippen molar-refractivity contribution in [2.75, 3.05) is 26.7 Å². The molecule has 0 radical (unpaired) electrons. The van der Waals surface area contributed by atoms with Crippen LogP contribution in [-0.2, 0) is 6.54 Å². The number of aromatic nitrogens is 1. The van der Waals surface area contributed by atoms with Gasteiger partial charge in [-0.1, -0.05) is 0 Å². The van der Waals surface area contributed by atoms with Gasteiger partial charge in [-0.25, -0.2) is 0 Å². The van der Waals surface area contributed by atoms with E-state index in [1.807, 2.05) is 12.3 Å². The number of aromatic amines is 1. The van der Waals surface area contributed by atoms with Crippen LogP contribution in [-0.4, -0.2) is 36.6 Å². The molecular weight excluding hydrogens is 186 g/mol. The zero-order valence-corrected chi connectivity index (χ0v) is 9.50. The fourth-order valence-corrected chi connectivity index (χ4v) is 2.33. The first-order valence-electron chi connectivity index (χ1n) is 5.86. The van der Waals surface area contributed by atoms with E-state index in [0.717, 1.165) is 19.0 Å². The Labute approximate surface area is 91.9 Å². The molecule has 1 atom stereocenters. The highest BCUT2D eigenvalue weighted by Crippen LogP contribution is 2.13. The van der Waals surface area contributed by atoms with Crippen molar-refractivity contribution < 1.29 is 0 Å². The van der Waals surface area contributed by atoms with Crippen LogP contribution in [0.1, 0.15) is 18.5 Å². The highest BCUT2D eigenvalue weighted by Gasteiger charge is 2.16. The molecular formula is C12H21N3. The molecule has 1 aromatic heterocycles. The van der Waals surface area contributed by atoms with E-state index in [1.54, 1.807) is 0 Å². The van der Waals surface area contributed by atoms with Crippen LogP contribution in [0.4, 0.5) is 0 Å². The van der Waals surface area contributed by atoms with Gasteiger partial charge in [0, 0.05) is 25.0 Å². The minimum atomic E-state index is 0.832. The predicted molar refractivity (Wildman–Crippen MR) is 62.7 cm³/mol. The number of nitrogens with one attached hydrogen (secondary N) is 2. The Hall–Kier alpha value is -0.800. The van der Waals surface area contributed by atoms with E-state index in [4.69, 9.17) is 0 Å². The lowest BCUT2D eigenvalue weighted by molar-refractivity contribution is 0.206. The average molecular weight is 207 g/mol. The first kappa shape index (κ1) is 10.7. The van der Waals surface area contributed by atoms with Crippen LogP contribution in [0.15, 0.2) is 18.3 Å². The molecule has 3 nitrogen and oxygen atoms in total. The van der Waals surface area contributed by atoms with Crippen molar-refractivity contribution in [2.24, 2.45) is 5.92 Å². The molecule has 1 aliphatic rings. The molecule has 0 amide bonds. The molecule has 0 bridgehead atoms. The molecule has 1 aromatic rings. The summed E-state index contributed by atoms with van der Waals surface area (Å²) in [5, 5.41) is 3.52. The van der Waals surface area contributed by atoms with Gasteiger partial charge in [-0.15, -0.1) is 0 Å². The number of nitrogens with zero attached hydrogens (tertiary/aromatic N) is 1. The molecule has 0 aromatic carbocycles. The van der Waals surface area contributed by atoms with E-state index in [9.17, 15) is 0 Å². The van der Waals surface area contributed by atoms with Gasteiger partial charge in [0.15, 0.2) is 0 Å². The highest BCUT2D eigenvalue weighted by atomic mass is 15.1. The molecule has 84 valence electrons. The van der Waals surface area contributed by atoms with Crippen LogP contribution >= 0.6 is 0 Å². The maximum absolute atomic E-state index is 3.52. The first-order valence-corrected chi connectivity index (χ1v) is 5.86. The van der Waals surface area contributed by atoms with Crippen molar-refractivity contribution in [3.8, 4) is 0 Å². The van der Waals surface area contributed by atoms with E-state index in [2.05, 4.69) is 28.3 Å². The molecule has 2 rings (SSSR count). The van der Waals surface area contributed by atoms with Gasteiger partial charge in [-0.3, -0.25) is 0 Å². The average Bonchev–Trinajstić information content (AvgIpc) is 2.71. The fourth-order valence-electron chi connectivity index (χ4n) is 2.33. The largest absolute Gasteiger partial charge is 0.364 e. The second-order valence-electron chi connectivity index (χ2n) is 4.60. The highest BCUT2D eigenvalue weighted by molar-refractivity contribution is 5.02. The van der Waals surface area contributed by atoms with Crippen LogP contribution in [0.3, 0.4) is 0 Å². The summed E-state index contributed by atoms with van der Waals surface area (Å²) in [6, 6.07) is 4.17. The maximum Gasteiger partial charge on any atom is 0.0357 e. The van der Waals surface area contributed by atoms with Crippen LogP contribution in [0.25, 0.3) is 0 Å². The molecule has 1 unspecified atom stereocenters. The first-order chi connectivity index (χ1) is 7.34. The van der Waals surface area contributed by atoms with Crippen LogP contribution < -0.4 is 5.32 Å². The van der Waals surface area contributed by atoms with E-state index in [1.165, 1.54) is 31.6 Å². The summed E-state index contributed by atoms with van der Waals surface area (Å²) < 4.78 is 0. The summed E-state index contributed by atoms with van der Waals surface area (Å²) in [5.41, 5.74) is 1.28. The zero-order chi connectivity index (χ0) is 10.5. The van der Waals surface area contributed by atoms with E-state index in [-0.39, 0.29) is 0 Å². The lowest BCUT2D eigenvalue weighted by Gasteiger charge is -2.29. The minimum absolute atomic E-state index is 0.832. The predicted octanol–water partition coefficient (Wildman–Crippen LogP) is 1.45. The van der Waals surface area contributed by atoms with Crippen LogP contribution in [0.2, 0.25) is 0 Å². The van der Waals surface area contributed by atoms with E-state index in [0.29, 0.717) is 0 Å². The number of rotatable bonds is 4. The van der Waals surface area contributed by atoms with Crippen LogP contribution in [0.5, 0.6) is 0 Å². The monoisotopic (exact) mass is 207 g/mol. The summed E-state index contributed by atoms with van der Waals surface area (Å²) in [5.74, 6) is 0.832. The summed E-state index contributed by atoms with van der Waals surface area (Å²) in [6.07, 6.45) is 4.71. The smallest absolute Gasteiger partial charge is 0.0357 e. The molecule has 1 fully saturated rings. The Kier molecular flexibility index (Phi) is 3.80. The van der Waals surface area contributed by atoms with Gasteiger partial charge in [-0.05, 0) is 51.0 Å². The van der Waals surface area contributed by atoms with Gasteiger partial charge < -0.3 is 15.2 Å². The Morgan fingerprint density at radius 1 is 1.60 bits per heavy atom. The Morgan fingerprint density at radius 3 is 3.27 bits per heavy atom. The van der Waals surface area contributed by atoms with Gasteiger partial charge in [0.1, 0.15) is 0 Å². The summed E-state index contributed by atoms with van der Waals surface area (Å²) in [6.45, 7) is 4.63. The number of piperidine rings is 1. The lowest BCUT2D eigenvalue weighted by Crippen LogP contribution is -2.37. The molecule has 0 saturated carbocycles. The molecule has 2 heterocycles. The number of hydrogen-bond donors (Lipinski definition) is 2. The molecule has 3 heteroatoms. The van der Waals surface area contributed by atoms with Gasteiger partial charge in [0.2, 0.25) is 0 Å². The molecule has 0 aliphatic carbocycles. The minimum Gasteiger partial charge on any atom is -0.364 e. The normalized spacial score (nSPS) is 23.1. The molecule has 1 aliphatic heterocycles. The fraction of sp³-hybridized carbons (Fsp3) is 0.667. The maximum atomic E-state index is 3.52. The van der Waals surface area contributed by atoms with E-state index < -0.39 is 0 Å². The Balaban J connectivity index is 1.65. The Bertz CT molecular complexity index is 268.